The Labute approximate surface area is 154 Å². The van der Waals surface area contributed by atoms with Crippen molar-refractivity contribution < 1.29 is 22.8 Å². The van der Waals surface area contributed by atoms with E-state index in [9.17, 15) is 22.8 Å². The summed E-state index contributed by atoms with van der Waals surface area (Å²) in [5.74, 6) is -2.50. The van der Waals surface area contributed by atoms with Gasteiger partial charge in [-0.2, -0.15) is 0 Å². The van der Waals surface area contributed by atoms with E-state index in [1.165, 1.54) is 36.4 Å². The molecule has 1 aliphatic heterocycles. The average Bonchev–Trinajstić information content (AvgIpc) is 2.85. The van der Waals surface area contributed by atoms with Crippen molar-refractivity contribution in [1.29, 1.82) is 0 Å². The fraction of sp³-hybridized carbons (Fsp3) is 0.118. The molecule has 0 saturated carbocycles. The van der Waals surface area contributed by atoms with Crippen molar-refractivity contribution in [3.8, 4) is 0 Å². The van der Waals surface area contributed by atoms with Crippen molar-refractivity contribution in [3.63, 3.8) is 0 Å². The number of carbonyl (C=O) groups excluding carboxylic acids is 3. The fourth-order valence-electron chi connectivity index (χ4n) is 2.51. The van der Waals surface area contributed by atoms with Gasteiger partial charge in [0.2, 0.25) is 10.0 Å². The molecule has 3 amide bonds. The van der Waals surface area contributed by atoms with Gasteiger partial charge in [0.25, 0.3) is 17.7 Å². The van der Waals surface area contributed by atoms with Gasteiger partial charge < -0.3 is 0 Å². The number of benzene rings is 2. The highest BCUT2D eigenvalue weighted by Crippen LogP contribution is 2.22. The van der Waals surface area contributed by atoms with Crippen LogP contribution in [-0.2, 0) is 10.0 Å². The van der Waals surface area contributed by atoms with Crippen LogP contribution in [0.3, 0.4) is 0 Å². The van der Waals surface area contributed by atoms with Crippen LogP contribution in [-0.4, -0.2) is 43.3 Å². The first kappa shape index (κ1) is 18.1. The zero-order valence-electron chi connectivity index (χ0n) is 13.3. The molecule has 0 fully saturated rings. The summed E-state index contributed by atoms with van der Waals surface area (Å²) in [5, 5.41) is 0.412. The molecule has 26 heavy (non-hydrogen) atoms. The van der Waals surface area contributed by atoms with Crippen molar-refractivity contribution in [2.75, 3.05) is 12.3 Å². The lowest BCUT2D eigenvalue weighted by atomic mass is 10.1. The van der Waals surface area contributed by atoms with E-state index in [-0.39, 0.29) is 23.2 Å². The number of sulfonamides is 1. The van der Waals surface area contributed by atoms with Crippen LogP contribution in [0.1, 0.15) is 31.1 Å². The molecule has 134 valence electrons. The van der Waals surface area contributed by atoms with Crippen LogP contribution in [0, 0.1) is 0 Å². The highest BCUT2D eigenvalue weighted by atomic mass is 35.5. The van der Waals surface area contributed by atoms with E-state index in [0.29, 0.717) is 5.02 Å². The molecule has 0 atom stereocenters. The van der Waals surface area contributed by atoms with Crippen molar-refractivity contribution in [1.82, 2.24) is 9.62 Å². The molecule has 0 saturated heterocycles. The second kappa shape index (κ2) is 6.89. The summed E-state index contributed by atoms with van der Waals surface area (Å²) in [6.45, 7) is -0.352. The van der Waals surface area contributed by atoms with Crippen LogP contribution in [0.15, 0.2) is 48.5 Å². The molecule has 3 rings (SSSR count). The molecular weight excluding hydrogens is 380 g/mol. The highest BCUT2D eigenvalue weighted by Gasteiger charge is 2.35. The normalized spacial score (nSPS) is 13.7. The average molecular weight is 393 g/mol. The molecule has 1 aliphatic rings. The molecule has 0 unspecified atom stereocenters. The Balaban J connectivity index is 1.66. The van der Waals surface area contributed by atoms with Crippen LogP contribution in [0.5, 0.6) is 0 Å². The van der Waals surface area contributed by atoms with E-state index in [1.54, 1.807) is 12.1 Å². The van der Waals surface area contributed by atoms with Gasteiger partial charge in [-0.3, -0.25) is 19.3 Å². The molecule has 1 heterocycles. The first-order chi connectivity index (χ1) is 12.3. The largest absolute Gasteiger partial charge is 0.273 e. The zero-order chi connectivity index (χ0) is 18.9. The Hall–Kier alpha value is -2.71. The number of amides is 3. The molecule has 0 aliphatic carbocycles. The van der Waals surface area contributed by atoms with Gasteiger partial charge in [0.05, 0.1) is 16.9 Å². The lowest BCUT2D eigenvalue weighted by Gasteiger charge is -2.14. The van der Waals surface area contributed by atoms with E-state index in [2.05, 4.69) is 0 Å². The third kappa shape index (κ3) is 3.61. The number of rotatable bonds is 5. The van der Waals surface area contributed by atoms with Gasteiger partial charge in [-0.15, -0.1) is 0 Å². The van der Waals surface area contributed by atoms with Crippen molar-refractivity contribution in [2.45, 2.75) is 0 Å². The Kier molecular flexibility index (Phi) is 4.80. The van der Waals surface area contributed by atoms with Gasteiger partial charge in [-0.05, 0) is 36.4 Å². The molecule has 7 nitrogen and oxygen atoms in total. The second-order valence-electron chi connectivity index (χ2n) is 5.56. The third-order valence-electron chi connectivity index (χ3n) is 3.82. The maximum absolute atomic E-state index is 12.2. The molecule has 2 aromatic carbocycles. The molecule has 0 aromatic heterocycles. The first-order valence-corrected chi connectivity index (χ1v) is 9.57. The third-order valence-corrected chi connectivity index (χ3v) is 5.28. The van der Waals surface area contributed by atoms with Crippen LogP contribution in [0.4, 0.5) is 0 Å². The minimum atomic E-state index is -4.04. The zero-order valence-corrected chi connectivity index (χ0v) is 14.9. The number of halogens is 1. The number of fused-ring (bicyclic) bond motifs is 1. The molecule has 0 radical (unpaired) electrons. The SMILES string of the molecule is O=C(NS(=O)(=O)CCN1C(=O)c2ccccc2C1=O)c1ccc(Cl)cc1. The van der Waals surface area contributed by atoms with Gasteiger partial charge >= 0.3 is 0 Å². The second-order valence-corrected chi connectivity index (χ2v) is 7.84. The maximum atomic E-state index is 12.2. The number of nitrogens with zero attached hydrogens (tertiary/aromatic N) is 1. The number of carbonyl (C=O) groups is 3. The van der Waals surface area contributed by atoms with Gasteiger partial charge in [0.15, 0.2) is 0 Å². The molecule has 1 N–H and O–H groups in total. The van der Waals surface area contributed by atoms with Gasteiger partial charge in [-0.1, -0.05) is 23.7 Å². The van der Waals surface area contributed by atoms with E-state index < -0.39 is 33.5 Å². The van der Waals surface area contributed by atoms with Crippen LogP contribution >= 0.6 is 11.6 Å². The van der Waals surface area contributed by atoms with Gasteiger partial charge in [-0.25, -0.2) is 13.1 Å². The van der Waals surface area contributed by atoms with E-state index in [0.717, 1.165) is 4.90 Å². The minimum absolute atomic E-state index is 0.124. The van der Waals surface area contributed by atoms with Crippen molar-refractivity contribution in [2.24, 2.45) is 0 Å². The topological polar surface area (TPSA) is 101 Å². The smallest absolute Gasteiger partial charge is 0.264 e. The Morgan fingerprint density at radius 1 is 0.962 bits per heavy atom. The predicted molar refractivity (Wildman–Crippen MR) is 94.5 cm³/mol. The van der Waals surface area contributed by atoms with Gasteiger partial charge in [0.1, 0.15) is 0 Å². The number of hydrogen-bond donors (Lipinski definition) is 1. The Bertz CT molecular complexity index is 967. The van der Waals surface area contributed by atoms with Crippen molar-refractivity contribution >= 4 is 39.3 Å². The van der Waals surface area contributed by atoms with Gasteiger partial charge in [0, 0.05) is 17.1 Å². The molecule has 2 aromatic rings. The summed E-state index contributed by atoms with van der Waals surface area (Å²) < 4.78 is 26.1. The summed E-state index contributed by atoms with van der Waals surface area (Å²) >= 11 is 5.72. The summed E-state index contributed by atoms with van der Waals surface area (Å²) in [5.41, 5.74) is 0.596. The van der Waals surface area contributed by atoms with Crippen LogP contribution in [0.25, 0.3) is 0 Å². The monoisotopic (exact) mass is 392 g/mol. The molecular formula is C17H13ClN2O5S. The van der Waals surface area contributed by atoms with E-state index in [4.69, 9.17) is 11.6 Å². The number of hydrogen-bond acceptors (Lipinski definition) is 5. The number of imide groups is 1. The fourth-order valence-corrected chi connectivity index (χ4v) is 3.56. The summed E-state index contributed by atoms with van der Waals surface area (Å²) in [6, 6.07) is 11.9. The Morgan fingerprint density at radius 3 is 2.04 bits per heavy atom. The van der Waals surface area contributed by atoms with E-state index in [1.807, 2.05) is 4.72 Å². The molecule has 0 spiro atoms. The minimum Gasteiger partial charge on any atom is -0.273 e. The highest BCUT2D eigenvalue weighted by molar-refractivity contribution is 7.90. The summed E-state index contributed by atoms with van der Waals surface area (Å²) in [7, 11) is -4.04. The van der Waals surface area contributed by atoms with Crippen LogP contribution in [0.2, 0.25) is 5.02 Å². The maximum Gasteiger partial charge on any atom is 0.264 e. The predicted octanol–water partition coefficient (Wildman–Crippen LogP) is 1.70. The standard InChI is InChI=1S/C17H13ClN2O5S/c18-12-7-5-11(6-8-12)15(21)19-26(24,25)10-9-20-16(22)13-3-1-2-4-14(13)17(20)23/h1-8H,9-10H2,(H,19,21). The molecule has 0 bridgehead atoms. The number of nitrogens with one attached hydrogen (secondary N) is 1. The van der Waals surface area contributed by atoms with E-state index >= 15 is 0 Å². The summed E-state index contributed by atoms with van der Waals surface area (Å²) in [4.78, 5) is 37.3. The van der Waals surface area contributed by atoms with Crippen LogP contribution < -0.4 is 4.72 Å². The molecule has 9 heteroatoms. The quantitative estimate of drug-likeness (QED) is 0.780. The van der Waals surface area contributed by atoms with Crippen molar-refractivity contribution in [3.05, 3.63) is 70.2 Å². The lowest BCUT2D eigenvalue weighted by molar-refractivity contribution is 0.0664. The lowest BCUT2D eigenvalue weighted by Crippen LogP contribution is -2.39. The Morgan fingerprint density at radius 2 is 1.50 bits per heavy atom. The summed E-state index contributed by atoms with van der Waals surface area (Å²) in [6.07, 6.45) is 0. The first-order valence-electron chi connectivity index (χ1n) is 7.54.